The van der Waals surface area contributed by atoms with E-state index in [1.54, 1.807) is 0 Å². The monoisotopic (exact) mass is 876 g/mol. The molecular weight excluding hydrogens is 845 g/mol. The first-order valence-corrected chi connectivity index (χ1v) is 20.0. The van der Waals surface area contributed by atoms with Crippen molar-refractivity contribution in [2.24, 2.45) is 20.5 Å². The van der Waals surface area contributed by atoms with Gasteiger partial charge in [-0.15, -0.1) is 20.5 Å². The van der Waals surface area contributed by atoms with Crippen LogP contribution in [0.4, 0.5) is 45.8 Å². The number of carboxylic acid groups (broad SMARTS) is 2. The summed E-state index contributed by atoms with van der Waals surface area (Å²) in [6, 6.07) is 17.3. The molecule has 5 rings (SSSR count). The molecule has 22 nitrogen and oxygen atoms in total. The number of nitriles is 1. The van der Waals surface area contributed by atoms with E-state index in [4.69, 9.17) is 9.47 Å². The maximum absolute atomic E-state index is 11.9. The summed E-state index contributed by atoms with van der Waals surface area (Å²) in [7, 11) is -9.06. The number of aromatic nitrogens is 1. The van der Waals surface area contributed by atoms with Gasteiger partial charge in [0.15, 0.2) is 11.6 Å². The molecule has 0 unspecified atom stereocenters. The molecule has 0 aliphatic rings. The van der Waals surface area contributed by atoms with E-state index in [9.17, 15) is 61.2 Å². The Bertz CT molecular complexity index is 2810. The molecular formula is C37H32N8O14S2. The standard InChI is InChI=1S/C37H32N8O14S2/c1-20-27(19-38)34(39-22-3-7-24(8-4-22)60(52,53)54)41-35(40-23-5-9-25(10-6-23)61(55,56)57)33(20)45-44-30-18-31(58-14-12-46)29(17-32(30)59-15-13-47)43-42-28-16-21(36(48)49)2-11-26(28)37(50)51/h2-11,16-18,46-47H,12-15H2,1H3,(H,48,49)(H,50,51)(H2,39,40,41)(H,52,53,54)(H,55,56,57)/b43-42+,45-44+. The van der Waals surface area contributed by atoms with Gasteiger partial charge < -0.3 is 40.5 Å². The Labute approximate surface area is 345 Å². The Morgan fingerprint density at radius 3 is 1.61 bits per heavy atom. The number of carboxylic acids is 2. The van der Waals surface area contributed by atoms with Crippen molar-refractivity contribution < 1.29 is 65.4 Å². The largest absolute Gasteiger partial charge is 0.489 e. The molecule has 1 heterocycles. The lowest BCUT2D eigenvalue weighted by Gasteiger charge is -2.16. The van der Waals surface area contributed by atoms with Crippen LogP contribution in [0.15, 0.2) is 109 Å². The number of nitrogens with zero attached hydrogens (tertiary/aromatic N) is 6. The van der Waals surface area contributed by atoms with Crippen molar-refractivity contribution >= 4 is 77.9 Å². The Morgan fingerprint density at radius 1 is 0.689 bits per heavy atom. The minimum atomic E-state index is -4.55. The van der Waals surface area contributed by atoms with Crippen molar-refractivity contribution in [3.05, 3.63) is 101 Å². The molecule has 0 amide bonds. The summed E-state index contributed by atoms with van der Waals surface area (Å²) in [6.07, 6.45) is 0. The van der Waals surface area contributed by atoms with Gasteiger partial charge in [0.1, 0.15) is 53.5 Å². The normalized spacial score (nSPS) is 11.7. The number of aliphatic hydroxyl groups is 2. The van der Waals surface area contributed by atoms with Gasteiger partial charge in [0, 0.05) is 29.1 Å². The molecule has 0 saturated carbocycles. The average molecular weight is 877 g/mol. The van der Waals surface area contributed by atoms with E-state index in [0.717, 1.165) is 42.5 Å². The van der Waals surface area contributed by atoms with Crippen molar-refractivity contribution in [3.63, 3.8) is 0 Å². The van der Waals surface area contributed by atoms with E-state index < -0.39 is 55.2 Å². The van der Waals surface area contributed by atoms with Crippen molar-refractivity contribution in [3.8, 4) is 17.6 Å². The third-order valence-corrected chi connectivity index (χ3v) is 9.83. The molecule has 8 N–H and O–H groups in total. The highest BCUT2D eigenvalue weighted by Gasteiger charge is 2.21. The molecule has 0 spiro atoms. The highest BCUT2D eigenvalue weighted by molar-refractivity contribution is 7.86. The van der Waals surface area contributed by atoms with Gasteiger partial charge in [-0.1, -0.05) is 0 Å². The van der Waals surface area contributed by atoms with Crippen LogP contribution in [-0.4, -0.2) is 89.7 Å². The summed E-state index contributed by atoms with van der Waals surface area (Å²) in [4.78, 5) is 27.2. The van der Waals surface area contributed by atoms with Crippen LogP contribution < -0.4 is 20.1 Å². The third kappa shape index (κ3) is 11.2. The van der Waals surface area contributed by atoms with E-state index in [1.165, 1.54) is 43.3 Å². The van der Waals surface area contributed by atoms with Crippen LogP contribution in [0.3, 0.4) is 0 Å². The number of hydrogen-bond acceptors (Lipinski definition) is 18. The van der Waals surface area contributed by atoms with Gasteiger partial charge in [0.25, 0.3) is 20.2 Å². The molecule has 24 heteroatoms. The summed E-state index contributed by atoms with van der Waals surface area (Å²) in [5.74, 6) is -3.09. The van der Waals surface area contributed by atoms with Gasteiger partial charge >= 0.3 is 11.9 Å². The highest BCUT2D eigenvalue weighted by Crippen LogP contribution is 2.43. The second-order valence-corrected chi connectivity index (χ2v) is 15.0. The topological polar surface area (TPSA) is 352 Å². The minimum absolute atomic E-state index is 0.0584. The van der Waals surface area contributed by atoms with E-state index in [-0.39, 0.29) is 92.7 Å². The first kappa shape index (κ1) is 44.7. The van der Waals surface area contributed by atoms with Gasteiger partial charge in [-0.3, -0.25) is 9.11 Å². The number of rotatable bonds is 18. The number of pyridine rings is 1. The Kier molecular flexibility index (Phi) is 14.0. The first-order valence-electron chi connectivity index (χ1n) is 17.2. The number of ether oxygens (including phenoxy) is 2. The summed E-state index contributed by atoms with van der Waals surface area (Å²) < 4.78 is 76.7. The van der Waals surface area contributed by atoms with Gasteiger partial charge in [-0.05, 0) is 73.7 Å². The predicted molar refractivity (Wildman–Crippen MR) is 213 cm³/mol. The van der Waals surface area contributed by atoms with Crippen LogP contribution in [0.2, 0.25) is 0 Å². The van der Waals surface area contributed by atoms with E-state index in [1.807, 2.05) is 6.07 Å². The van der Waals surface area contributed by atoms with Gasteiger partial charge in [0.2, 0.25) is 0 Å². The Balaban J connectivity index is 1.65. The van der Waals surface area contributed by atoms with Crippen LogP contribution in [-0.2, 0) is 20.2 Å². The maximum Gasteiger partial charge on any atom is 0.337 e. The molecule has 316 valence electrons. The van der Waals surface area contributed by atoms with Crippen molar-refractivity contribution in [1.82, 2.24) is 4.98 Å². The fourth-order valence-electron chi connectivity index (χ4n) is 5.20. The third-order valence-electron chi connectivity index (χ3n) is 8.09. The molecule has 0 aliphatic heterocycles. The summed E-state index contributed by atoms with van der Waals surface area (Å²) >= 11 is 0. The van der Waals surface area contributed by atoms with E-state index in [0.29, 0.717) is 0 Å². The van der Waals surface area contributed by atoms with Gasteiger partial charge in [-0.25, -0.2) is 14.6 Å². The maximum atomic E-state index is 11.9. The highest BCUT2D eigenvalue weighted by atomic mass is 32.2. The lowest BCUT2D eigenvalue weighted by Crippen LogP contribution is -2.05. The first-order chi connectivity index (χ1) is 28.9. The molecule has 1 aromatic heterocycles. The number of hydrogen-bond donors (Lipinski definition) is 8. The summed E-state index contributed by atoms with van der Waals surface area (Å²) in [6.45, 7) is 0.00789. The second kappa shape index (κ2) is 19.1. The number of aliphatic hydroxyl groups excluding tert-OH is 2. The smallest absolute Gasteiger partial charge is 0.337 e. The van der Waals surface area contributed by atoms with Crippen molar-refractivity contribution in [2.75, 3.05) is 37.1 Å². The molecule has 0 radical (unpaired) electrons. The second-order valence-electron chi connectivity index (χ2n) is 12.2. The quantitative estimate of drug-likeness (QED) is 0.0358. The van der Waals surface area contributed by atoms with Crippen molar-refractivity contribution in [1.29, 1.82) is 5.26 Å². The predicted octanol–water partition coefficient (Wildman–Crippen LogP) is 6.21. The van der Waals surface area contributed by atoms with Crippen LogP contribution in [0.1, 0.15) is 31.8 Å². The summed E-state index contributed by atoms with van der Waals surface area (Å²) in [5, 5.41) is 71.0. The van der Waals surface area contributed by atoms with Crippen LogP contribution >= 0.6 is 0 Å². The fourth-order valence-corrected chi connectivity index (χ4v) is 6.16. The molecule has 4 aromatic carbocycles. The molecule has 0 bridgehead atoms. The van der Waals surface area contributed by atoms with Crippen LogP contribution in [0.5, 0.6) is 11.5 Å². The molecule has 5 aromatic rings. The van der Waals surface area contributed by atoms with Gasteiger partial charge in [0.05, 0.1) is 39.7 Å². The summed E-state index contributed by atoms with van der Waals surface area (Å²) in [5.41, 5.74) is -0.628. The Morgan fingerprint density at radius 2 is 1.16 bits per heavy atom. The SMILES string of the molecule is Cc1c(C#N)c(Nc2ccc(S(=O)(=O)O)cc2)nc(Nc2ccc(S(=O)(=O)O)cc2)c1/N=N/c1cc(OCCO)c(/N=N/c2cc(C(=O)O)ccc2C(=O)O)cc1OCCO. The van der Waals surface area contributed by atoms with Crippen molar-refractivity contribution in [2.45, 2.75) is 16.7 Å². The lowest BCUT2D eigenvalue weighted by molar-refractivity contribution is 0.0682. The number of carbonyl (C=O) groups is 2. The van der Waals surface area contributed by atoms with Gasteiger partial charge in [-0.2, -0.15) is 22.1 Å². The zero-order chi connectivity index (χ0) is 44.5. The fraction of sp³-hybridized carbons (Fsp3) is 0.135. The number of benzene rings is 4. The zero-order valence-corrected chi connectivity index (χ0v) is 32.9. The van der Waals surface area contributed by atoms with Crippen LogP contribution in [0.25, 0.3) is 0 Å². The van der Waals surface area contributed by atoms with E-state index in [2.05, 4.69) is 36.1 Å². The number of nitrogens with one attached hydrogen (secondary N) is 2. The number of azo groups is 2. The molecule has 0 fully saturated rings. The molecule has 0 atom stereocenters. The zero-order valence-electron chi connectivity index (χ0n) is 31.3. The number of anilines is 4. The Hall–Kier alpha value is -7.40. The van der Waals surface area contributed by atoms with Crippen LogP contribution in [0, 0.1) is 18.3 Å². The lowest BCUT2D eigenvalue weighted by atomic mass is 10.1. The molecule has 0 aliphatic carbocycles. The molecule has 61 heavy (non-hydrogen) atoms. The molecule has 0 saturated heterocycles. The average Bonchev–Trinajstić information content (AvgIpc) is 3.21. The number of aromatic carboxylic acids is 2. The van der Waals surface area contributed by atoms with E-state index >= 15 is 0 Å². The minimum Gasteiger partial charge on any atom is -0.489 e.